The van der Waals surface area contributed by atoms with Gasteiger partial charge in [0.25, 0.3) is 0 Å². The molecule has 142 valence electrons. The van der Waals surface area contributed by atoms with E-state index >= 15 is 0 Å². The monoisotopic (exact) mass is 391 g/mol. The Morgan fingerprint density at radius 1 is 1.14 bits per heavy atom. The Morgan fingerprint density at radius 3 is 2.61 bits per heavy atom. The second kappa shape index (κ2) is 7.56. The summed E-state index contributed by atoms with van der Waals surface area (Å²) in [6.45, 7) is 5.90. The molecule has 3 aromatic rings. The van der Waals surface area contributed by atoms with Crippen LogP contribution in [0.25, 0.3) is 11.3 Å². The molecule has 0 saturated carbocycles. The number of fused-ring (bicyclic) bond motifs is 1. The number of hydrogen-bond donors (Lipinski definition) is 1. The molecule has 1 aromatic heterocycles. The van der Waals surface area contributed by atoms with E-state index in [0.29, 0.717) is 16.3 Å². The van der Waals surface area contributed by atoms with Crippen LogP contribution in [0.15, 0.2) is 53.9 Å². The molecule has 0 aliphatic carbocycles. The minimum absolute atomic E-state index is 0.242. The van der Waals surface area contributed by atoms with Crippen molar-refractivity contribution in [1.82, 2.24) is 4.98 Å². The zero-order valence-electron chi connectivity index (χ0n) is 15.8. The predicted molar refractivity (Wildman–Crippen MR) is 113 cm³/mol. The maximum absolute atomic E-state index is 12.7. The van der Waals surface area contributed by atoms with Gasteiger partial charge in [0.2, 0.25) is 0 Å². The maximum Gasteiger partial charge on any atom is 0.327 e. The Bertz CT molecular complexity index is 1030. The van der Waals surface area contributed by atoms with Crippen molar-refractivity contribution >= 4 is 28.7 Å². The largest absolute Gasteiger partial charge is 0.425 e. The van der Waals surface area contributed by atoms with Gasteiger partial charge in [-0.1, -0.05) is 30.3 Å². The molecule has 1 unspecified atom stereocenters. The molecule has 28 heavy (non-hydrogen) atoms. The third-order valence-electron chi connectivity index (χ3n) is 4.96. The number of esters is 1. The number of nitrogens with zero attached hydrogens (tertiary/aromatic N) is 2. The highest BCUT2D eigenvalue weighted by atomic mass is 32.1. The van der Waals surface area contributed by atoms with E-state index < -0.39 is 11.9 Å². The van der Waals surface area contributed by atoms with Crippen molar-refractivity contribution in [3.05, 3.63) is 64.5 Å². The molecule has 2 heterocycles. The average molecular weight is 391 g/mol. The fraction of sp³-hybridized carbons (Fsp3) is 0.227. The van der Waals surface area contributed by atoms with Crippen molar-refractivity contribution < 1.29 is 9.53 Å². The number of aromatic nitrogens is 1. The molecule has 0 saturated heterocycles. The van der Waals surface area contributed by atoms with Crippen molar-refractivity contribution in [3.8, 4) is 17.0 Å². The molecule has 1 N–H and O–H groups in total. The van der Waals surface area contributed by atoms with Crippen LogP contribution >= 0.6 is 11.3 Å². The normalized spacial score (nSPS) is 15.9. The quantitative estimate of drug-likeness (QED) is 0.504. The molecule has 0 amide bonds. The standard InChI is InChI=1S/C22H21N3O2S/c1-3-25(4-2)15-10-11-16-18(12-15)27-22(26)19(20(16)23)21-24-17(13-28-21)14-8-6-5-7-9-14/h5-13,19,23H,3-4H2,1-2H3. The predicted octanol–water partition coefficient (Wildman–Crippen LogP) is 4.73. The first-order chi connectivity index (χ1) is 13.6. The van der Waals surface area contributed by atoms with Gasteiger partial charge in [0, 0.05) is 41.4 Å². The van der Waals surface area contributed by atoms with Gasteiger partial charge in [-0.2, -0.15) is 0 Å². The summed E-state index contributed by atoms with van der Waals surface area (Å²) in [5.74, 6) is -0.770. The maximum atomic E-state index is 12.7. The second-order valence-corrected chi connectivity index (χ2v) is 7.45. The van der Waals surface area contributed by atoms with Gasteiger partial charge in [-0.15, -0.1) is 11.3 Å². The first kappa shape index (κ1) is 18.4. The molecule has 0 fully saturated rings. The lowest BCUT2D eigenvalue weighted by molar-refractivity contribution is -0.134. The van der Waals surface area contributed by atoms with Gasteiger partial charge in [-0.25, -0.2) is 4.98 Å². The SMILES string of the molecule is CCN(CC)c1ccc2c(c1)OC(=O)C(c1nc(-c3ccccc3)cs1)C2=N. The molecule has 0 bridgehead atoms. The molecular weight excluding hydrogens is 370 g/mol. The van der Waals surface area contributed by atoms with E-state index in [1.165, 1.54) is 11.3 Å². The van der Waals surface area contributed by atoms with Crippen LogP contribution in [0.5, 0.6) is 5.75 Å². The molecular formula is C22H21N3O2S. The summed E-state index contributed by atoms with van der Waals surface area (Å²) in [5, 5.41) is 11.1. The van der Waals surface area contributed by atoms with Crippen molar-refractivity contribution in [3.63, 3.8) is 0 Å². The van der Waals surface area contributed by atoms with Crippen LogP contribution in [0.2, 0.25) is 0 Å². The Hall–Kier alpha value is -2.99. The lowest BCUT2D eigenvalue weighted by atomic mass is 9.93. The van der Waals surface area contributed by atoms with Crippen LogP contribution in [0.1, 0.15) is 30.3 Å². The van der Waals surface area contributed by atoms with Crippen LogP contribution in [0.3, 0.4) is 0 Å². The first-order valence-electron chi connectivity index (χ1n) is 9.32. The minimum atomic E-state index is -0.783. The van der Waals surface area contributed by atoms with Crippen LogP contribution in [0, 0.1) is 5.41 Å². The summed E-state index contributed by atoms with van der Waals surface area (Å²) in [6.07, 6.45) is 0. The van der Waals surface area contributed by atoms with E-state index in [2.05, 4.69) is 23.7 Å². The summed E-state index contributed by atoms with van der Waals surface area (Å²) < 4.78 is 5.62. The molecule has 4 rings (SSSR count). The Morgan fingerprint density at radius 2 is 1.89 bits per heavy atom. The van der Waals surface area contributed by atoms with Gasteiger partial charge in [-0.3, -0.25) is 4.79 Å². The van der Waals surface area contributed by atoms with Crippen molar-refractivity contribution in [2.75, 3.05) is 18.0 Å². The highest BCUT2D eigenvalue weighted by molar-refractivity contribution is 7.10. The lowest BCUT2D eigenvalue weighted by Crippen LogP contribution is -2.32. The highest BCUT2D eigenvalue weighted by Crippen LogP contribution is 2.37. The molecule has 5 nitrogen and oxygen atoms in total. The Labute approximate surface area is 168 Å². The molecule has 2 aromatic carbocycles. The Balaban J connectivity index is 1.66. The number of thiazole rings is 1. The van der Waals surface area contributed by atoms with E-state index in [9.17, 15) is 4.79 Å². The van der Waals surface area contributed by atoms with Crippen LogP contribution in [-0.2, 0) is 4.79 Å². The summed E-state index contributed by atoms with van der Waals surface area (Å²) in [7, 11) is 0. The summed E-state index contributed by atoms with van der Waals surface area (Å²) in [6, 6.07) is 15.5. The molecule has 6 heteroatoms. The number of rotatable bonds is 5. The summed E-state index contributed by atoms with van der Waals surface area (Å²) in [5.41, 5.74) is 3.68. The van der Waals surface area contributed by atoms with Crippen LogP contribution < -0.4 is 9.64 Å². The molecule has 1 aliphatic rings. The highest BCUT2D eigenvalue weighted by Gasteiger charge is 2.37. The van der Waals surface area contributed by atoms with Crippen molar-refractivity contribution in [1.29, 1.82) is 5.41 Å². The van der Waals surface area contributed by atoms with Crippen molar-refractivity contribution in [2.45, 2.75) is 19.8 Å². The van der Waals surface area contributed by atoms with E-state index in [1.54, 1.807) is 0 Å². The second-order valence-electron chi connectivity index (χ2n) is 6.56. The van der Waals surface area contributed by atoms with E-state index in [1.807, 2.05) is 53.9 Å². The fourth-order valence-electron chi connectivity index (χ4n) is 3.43. The number of benzene rings is 2. The number of carbonyl (C=O) groups excluding carboxylic acids is 1. The van der Waals surface area contributed by atoms with E-state index in [-0.39, 0.29) is 5.71 Å². The zero-order valence-corrected chi connectivity index (χ0v) is 16.6. The third kappa shape index (κ3) is 3.20. The fourth-order valence-corrected chi connectivity index (χ4v) is 4.35. The van der Waals surface area contributed by atoms with Crippen LogP contribution in [0.4, 0.5) is 5.69 Å². The first-order valence-corrected chi connectivity index (χ1v) is 10.2. The van der Waals surface area contributed by atoms with Gasteiger partial charge in [0.1, 0.15) is 10.8 Å². The number of hydrogen-bond acceptors (Lipinski definition) is 6. The smallest absolute Gasteiger partial charge is 0.327 e. The summed E-state index contributed by atoms with van der Waals surface area (Å²) >= 11 is 1.39. The lowest BCUT2D eigenvalue weighted by Gasteiger charge is -2.26. The van der Waals surface area contributed by atoms with Crippen LogP contribution in [-0.4, -0.2) is 29.8 Å². The number of nitrogens with one attached hydrogen (secondary N) is 1. The van der Waals surface area contributed by atoms with Crippen molar-refractivity contribution in [2.24, 2.45) is 0 Å². The molecule has 0 radical (unpaired) electrons. The van der Waals surface area contributed by atoms with E-state index in [4.69, 9.17) is 10.1 Å². The minimum Gasteiger partial charge on any atom is -0.425 e. The van der Waals surface area contributed by atoms with Gasteiger partial charge in [0.15, 0.2) is 5.92 Å². The number of anilines is 1. The van der Waals surface area contributed by atoms with E-state index in [0.717, 1.165) is 30.0 Å². The molecule has 1 atom stereocenters. The number of carbonyl (C=O) groups is 1. The average Bonchev–Trinajstić information content (AvgIpc) is 3.19. The van der Waals surface area contributed by atoms with Gasteiger partial charge < -0.3 is 15.0 Å². The molecule has 0 spiro atoms. The third-order valence-corrected chi connectivity index (χ3v) is 5.87. The number of ether oxygens (including phenoxy) is 1. The van der Waals surface area contributed by atoms with Gasteiger partial charge in [0.05, 0.1) is 11.4 Å². The van der Waals surface area contributed by atoms with Gasteiger partial charge >= 0.3 is 5.97 Å². The molecule has 1 aliphatic heterocycles. The topological polar surface area (TPSA) is 66.3 Å². The Kier molecular flexibility index (Phi) is 4.96. The zero-order chi connectivity index (χ0) is 19.7. The summed E-state index contributed by atoms with van der Waals surface area (Å²) in [4.78, 5) is 19.5. The van der Waals surface area contributed by atoms with Gasteiger partial charge in [-0.05, 0) is 26.0 Å².